The van der Waals surface area contributed by atoms with E-state index in [0.29, 0.717) is 0 Å². The lowest BCUT2D eigenvalue weighted by Gasteiger charge is -2.05. The summed E-state index contributed by atoms with van der Waals surface area (Å²) in [5.74, 6) is 0.783. The second kappa shape index (κ2) is 4.56. The van der Waals surface area contributed by atoms with E-state index in [9.17, 15) is 0 Å². The summed E-state index contributed by atoms with van der Waals surface area (Å²) in [5.41, 5.74) is 5.93. The van der Waals surface area contributed by atoms with Gasteiger partial charge in [-0.15, -0.1) is 0 Å². The molecule has 0 saturated heterocycles. The van der Waals surface area contributed by atoms with Crippen LogP contribution in [-0.4, -0.2) is 21.1 Å². The molecule has 3 aromatic heterocycles. The first-order chi connectivity index (χ1) is 11.3. The smallest absolute Gasteiger partial charge is 0.216 e. The quantitative estimate of drug-likeness (QED) is 0.538. The van der Waals surface area contributed by atoms with E-state index in [-0.39, 0.29) is 0 Å². The molecular weight excluding hydrogens is 286 g/mol. The van der Waals surface area contributed by atoms with Gasteiger partial charge in [-0.2, -0.15) is 0 Å². The molecule has 4 heterocycles. The van der Waals surface area contributed by atoms with Crippen LogP contribution in [0.25, 0.3) is 32.9 Å². The highest BCUT2D eigenvalue weighted by Gasteiger charge is 2.15. The summed E-state index contributed by atoms with van der Waals surface area (Å²) in [4.78, 5) is 8.70. The van der Waals surface area contributed by atoms with E-state index >= 15 is 0 Å². The molecule has 1 aliphatic heterocycles. The van der Waals surface area contributed by atoms with Gasteiger partial charge in [-0.3, -0.25) is 4.98 Å². The van der Waals surface area contributed by atoms with Gasteiger partial charge in [0.25, 0.3) is 0 Å². The molecule has 1 aromatic carbocycles. The number of ether oxygens (including phenoxy) is 1. The van der Waals surface area contributed by atoms with Gasteiger partial charge < -0.3 is 9.30 Å². The van der Waals surface area contributed by atoms with Gasteiger partial charge in [0.2, 0.25) is 5.88 Å². The van der Waals surface area contributed by atoms with Crippen molar-refractivity contribution in [2.45, 2.75) is 6.42 Å². The Morgan fingerprint density at radius 1 is 1.00 bits per heavy atom. The molecule has 0 fully saturated rings. The number of aromatic nitrogens is 3. The van der Waals surface area contributed by atoms with Crippen molar-refractivity contribution in [2.75, 3.05) is 6.61 Å². The largest absolute Gasteiger partial charge is 0.477 e. The lowest BCUT2D eigenvalue weighted by molar-refractivity contribution is 0.345. The molecule has 23 heavy (non-hydrogen) atoms. The Morgan fingerprint density at radius 2 is 1.96 bits per heavy atom. The molecule has 5 rings (SSSR count). The van der Waals surface area contributed by atoms with Gasteiger partial charge in [0, 0.05) is 59.5 Å². The van der Waals surface area contributed by atoms with Crippen molar-refractivity contribution in [3.8, 4) is 17.0 Å². The molecule has 0 saturated carbocycles. The van der Waals surface area contributed by atoms with E-state index in [1.165, 1.54) is 32.9 Å². The molecule has 0 bridgehead atoms. The highest BCUT2D eigenvalue weighted by molar-refractivity contribution is 6.08. The Kier molecular flexibility index (Phi) is 2.50. The zero-order chi connectivity index (χ0) is 15.4. The van der Waals surface area contributed by atoms with Gasteiger partial charge in [-0.25, -0.2) is 4.98 Å². The molecule has 0 N–H and O–H groups in total. The Bertz CT molecular complexity index is 1070. The average molecular weight is 301 g/mol. The fourth-order valence-electron chi connectivity index (χ4n) is 3.46. The fraction of sp³-hybridized carbons (Fsp3) is 0.158. The Morgan fingerprint density at radius 3 is 2.91 bits per heavy atom. The molecule has 1 aliphatic rings. The molecule has 0 unspecified atom stereocenters. The van der Waals surface area contributed by atoms with Crippen molar-refractivity contribution in [2.24, 2.45) is 7.05 Å². The minimum atomic E-state index is 0.737. The number of hydrogen-bond donors (Lipinski definition) is 0. The molecule has 0 radical (unpaired) electrons. The van der Waals surface area contributed by atoms with E-state index in [0.717, 1.165) is 24.5 Å². The van der Waals surface area contributed by atoms with Crippen LogP contribution in [0.15, 0.2) is 48.9 Å². The monoisotopic (exact) mass is 301 g/mol. The first-order valence-corrected chi connectivity index (χ1v) is 7.75. The van der Waals surface area contributed by atoms with Gasteiger partial charge in [-0.1, -0.05) is 12.1 Å². The molecule has 0 atom stereocenters. The lowest BCUT2D eigenvalue weighted by Crippen LogP contribution is -1.89. The second-order valence-corrected chi connectivity index (χ2v) is 5.97. The van der Waals surface area contributed by atoms with Crippen molar-refractivity contribution in [1.82, 2.24) is 14.5 Å². The average Bonchev–Trinajstić information content (AvgIpc) is 3.18. The molecule has 0 amide bonds. The summed E-state index contributed by atoms with van der Waals surface area (Å²) in [6, 6.07) is 10.8. The molecule has 4 heteroatoms. The maximum absolute atomic E-state index is 5.50. The van der Waals surface area contributed by atoms with Crippen LogP contribution in [0.3, 0.4) is 0 Å². The summed E-state index contributed by atoms with van der Waals surface area (Å²) in [6.07, 6.45) is 6.62. The van der Waals surface area contributed by atoms with Gasteiger partial charge in [0.15, 0.2) is 0 Å². The third-order valence-electron chi connectivity index (χ3n) is 4.68. The van der Waals surface area contributed by atoms with E-state index in [4.69, 9.17) is 4.74 Å². The summed E-state index contributed by atoms with van der Waals surface area (Å²) >= 11 is 0. The van der Waals surface area contributed by atoms with Crippen LogP contribution in [0.1, 0.15) is 5.56 Å². The van der Waals surface area contributed by atoms with E-state index in [1.54, 1.807) is 0 Å². The van der Waals surface area contributed by atoms with Crippen LogP contribution >= 0.6 is 0 Å². The number of fused-ring (bicyclic) bond motifs is 4. The predicted octanol–water partition coefficient (Wildman–Crippen LogP) is 3.72. The Hall–Kier alpha value is -2.88. The number of rotatable bonds is 1. The second-order valence-electron chi connectivity index (χ2n) is 5.97. The number of hydrogen-bond acceptors (Lipinski definition) is 3. The molecule has 0 spiro atoms. The Labute approximate surface area is 133 Å². The topological polar surface area (TPSA) is 39.9 Å². The van der Waals surface area contributed by atoms with Crippen LogP contribution < -0.4 is 4.74 Å². The summed E-state index contributed by atoms with van der Waals surface area (Å²) < 4.78 is 7.72. The zero-order valence-electron chi connectivity index (χ0n) is 12.8. The Balaban J connectivity index is 1.74. The minimum Gasteiger partial charge on any atom is -0.477 e. The SMILES string of the molecule is Cn1c2ccncc2c2ccc(-c3cnc4c(c3)CCO4)cc21. The first-order valence-electron chi connectivity index (χ1n) is 7.75. The van der Waals surface area contributed by atoms with E-state index < -0.39 is 0 Å². The molecule has 0 aliphatic carbocycles. The van der Waals surface area contributed by atoms with Crippen molar-refractivity contribution < 1.29 is 4.74 Å². The predicted molar refractivity (Wildman–Crippen MR) is 90.7 cm³/mol. The summed E-state index contributed by atoms with van der Waals surface area (Å²) in [7, 11) is 2.10. The van der Waals surface area contributed by atoms with Gasteiger partial charge in [-0.05, 0) is 23.8 Å². The van der Waals surface area contributed by atoms with Gasteiger partial charge in [0.05, 0.1) is 12.1 Å². The maximum Gasteiger partial charge on any atom is 0.216 e. The van der Waals surface area contributed by atoms with Crippen molar-refractivity contribution in [1.29, 1.82) is 0 Å². The maximum atomic E-state index is 5.50. The third-order valence-corrected chi connectivity index (χ3v) is 4.68. The van der Waals surface area contributed by atoms with Crippen LogP contribution in [0.4, 0.5) is 0 Å². The number of pyridine rings is 2. The van der Waals surface area contributed by atoms with Crippen molar-refractivity contribution in [3.63, 3.8) is 0 Å². The molecular formula is C19H15N3O. The van der Waals surface area contributed by atoms with Gasteiger partial charge in [0.1, 0.15) is 0 Å². The van der Waals surface area contributed by atoms with Crippen LogP contribution in [0.5, 0.6) is 5.88 Å². The van der Waals surface area contributed by atoms with Crippen LogP contribution in [-0.2, 0) is 13.5 Å². The number of benzene rings is 1. The van der Waals surface area contributed by atoms with Crippen LogP contribution in [0.2, 0.25) is 0 Å². The van der Waals surface area contributed by atoms with Crippen molar-refractivity contribution >= 4 is 21.8 Å². The summed E-state index contributed by atoms with van der Waals surface area (Å²) in [6.45, 7) is 0.737. The number of nitrogens with zero attached hydrogens (tertiary/aromatic N) is 3. The van der Waals surface area contributed by atoms with E-state index in [1.807, 2.05) is 18.6 Å². The summed E-state index contributed by atoms with van der Waals surface area (Å²) in [5, 5.41) is 2.42. The highest BCUT2D eigenvalue weighted by Crippen LogP contribution is 2.33. The normalized spacial score (nSPS) is 13.4. The standard InChI is InChI=1S/C19H15N3O/c1-22-17-4-6-20-11-16(17)15-3-2-12(9-18(15)22)14-8-13-5-7-23-19(13)21-10-14/h2-4,6,8-11H,5,7H2,1H3. The molecule has 112 valence electrons. The third kappa shape index (κ3) is 1.78. The number of aryl methyl sites for hydroxylation is 1. The molecule has 4 aromatic rings. The van der Waals surface area contributed by atoms with Crippen LogP contribution in [0, 0.1) is 0 Å². The van der Waals surface area contributed by atoms with Crippen molar-refractivity contribution in [3.05, 3.63) is 54.5 Å². The van der Waals surface area contributed by atoms with E-state index in [2.05, 4.69) is 51.9 Å². The fourth-order valence-corrected chi connectivity index (χ4v) is 3.46. The molecule has 4 nitrogen and oxygen atoms in total. The van der Waals surface area contributed by atoms with Gasteiger partial charge >= 0.3 is 0 Å². The highest BCUT2D eigenvalue weighted by atomic mass is 16.5. The minimum absolute atomic E-state index is 0.737. The lowest BCUT2D eigenvalue weighted by atomic mass is 10.0. The zero-order valence-corrected chi connectivity index (χ0v) is 12.8. The first kappa shape index (κ1) is 12.6.